The summed E-state index contributed by atoms with van der Waals surface area (Å²) in [5.41, 5.74) is 0. The molecule has 0 aromatic rings. The number of nitrogens with zero attached hydrogens (tertiary/aromatic N) is 1. The summed E-state index contributed by atoms with van der Waals surface area (Å²) in [6.45, 7) is 45.9. The molecule has 0 rings (SSSR count). The van der Waals surface area contributed by atoms with Crippen LogP contribution in [0.3, 0.4) is 0 Å². The Morgan fingerprint density at radius 2 is 0.500 bits per heavy atom. The van der Waals surface area contributed by atoms with Gasteiger partial charge in [-0.3, -0.25) is 0 Å². The predicted molar refractivity (Wildman–Crippen MR) is 189 cm³/mol. The van der Waals surface area contributed by atoms with E-state index < -0.39 is 0 Å². The smallest absolute Gasteiger partial charge is 0.00163 e. The minimum atomic E-state index is 0.834. The van der Waals surface area contributed by atoms with Gasteiger partial charge in [-0.05, 0) is 130 Å². The Bertz CT molecular complexity index is 420. The van der Waals surface area contributed by atoms with E-state index >= 15 is 0 Å². The van der Waals surface area contributed by atoms with Gasteiger partial charge in [0.05, 0.1) is 0 Å². The van der Waals surface area contributed by atoms with E-state index in [0.29, 0.717) is 0 Å². The summed E-state index contributed by atoms with van der Waals surface area (Å²) < 4.78 is 0. The van der Waals surface area contributed by atoms with Crippen molar-refractivity contribution in [2.24, 2.45) is 65.1 Å². The van der Waals surface area contributed by atoms with Crippen molar-refractivity contribution in [2.45, 2.75) is 170 Å². The molecule has 1 heteroatoms. The Balaban J connectivity index is -0.000000522. The lowest BCUT2D eigenvalue weighted by atomic mass is 9.82. The van der Waals surface area contributed by atoms with Gasteiger partial charge in [0.1, 0.15) is 0 Å². The van der Waals surface area contributed by atoms with Crippen molar-refractivity contribution >= 4 is 0 Å². The van der Waals surface area contributed by atoms with E-state index in [-0.39, 0.29) is 0 Å². The highest BCUT2D eigenvalue weighted by atomic mass is 15.1. The highest BCUT2D eigenvalue weighted by Gasteiger charge is 2.17. The highest BCUT2D eigenvalue weighted by Crippen LogP contribution is 2.27. The molecular weight excluding hydrogens is 482 g/mol. The van der Waals surface area contributed by atoms with Crippen LogP contribution in [0.1, 0.15) is 170 Å². The van der Waals surface area contributed by atoms with E-state index in [1.165, 1.54) is 64.6 Å². The average Bonchev–Trinajstić information content (AvgIpc) is 2.76. The lowest BCUT2D eigenvalue weighted by molar-refractivity contribution is 0.231. The van der Waals surface area contributed by atoms with Crippen LogP contribution in [0, 0.1) is 65.1 Å². The maximum absolute atomic E-state index is 2.67. The predicted octanol–water partition coefficient (Wildman–Crippen LogP) is 13.1. The monoisotopic (exact) mass is 568 g/mol. The van der Waals surface area contributed by atoms with E-state index in [1.807, 2.05) is 0 Å². The minimum absolute atomic E-state index is 0.834. The molecule has 40 heavy (non-hydrogen) atoms. The van der Waals surface area contributed by atoms with Crippen LogP contribution in [0.5, 0.6) is 0 Å². The van der Waals surface area contributed by atoms with Crippen molar-refractivity contribution in [2.75, 3.05) is 19.6 Å². The summed E-state index contributed by atoms with van der Waals surface area (Å²) in [6, 6.07) is 0. The van der Waals surface area contributed by atoms with E-state index in [0.717, 1.165) is 65.1 Å². The Kier molecular flexibility index (Phi) is 29.5. The van der Waals surface area contributed by atoms with Gasteiger partial charge in [-0.2, -0.15) is 0 Å². The van der Waals surface area contributed by atoms with Gasteiger partial charge < -0.3 is 4.90 Å². The molecule has 0 fully saturated rings. The van der Waals surface area contributed by atoms with Crippen LogP contribution < -0.4 is 0 Å². The summed E-state index contributed by atoms with van der Waals surface area (Å²) in [4.78, 5) is 2.67. The fraction of sp³-hybridized carbons (Fsp3) is 1.00. The van der Waals surface area contributed by atoms with Gasteiger partial charge in [-0.15, -0.1) is 0 Å². The highest BCUT2D eigenvalue weighted by molar-refractivity contribution is 4.68. The van der Waals surface area contributed by atoms with Crippen molar-refractivity contribution in [3.63, 3.8) is 0 Å². The second-order valence-corrected chi connectivity index (χ2v) is 16.9. The first-order chi connectivity index (χ1) is 18.3. The fourth-order valence-electron chi connectivity index (χ4n) is 5.36. The van der Waals surface area contributed by atoms with Crippen LogP contribution in [0.2, 0.25) is 0 Å². The molecule has 0 aliphatic heterocycles. The topological polar surface area (TPSA) is 3.24 Å². The summed E-state index contributed by atoms with van der Waals surface area (Å²) in [5.74, 6) is 9.51. The second-order valence-electron chi connectivity index (χ2n) is 16.9. The lowest BCUT2D eigenvalue weighted by Gasteiger charge is -2.24. The summed E-state index contributed by atoms with van der Waals surface area (Å²) in [7, 11) is 0. The molecule has 0 unspecified atom stereocenters. The van der Waals surface area contributed by atoms with Crippen LogP contribution in [0.15, 0.2) is 0 Å². The maximum Gasteiger partial charge on any atom is -0.00163 e. The molecule has 0 atom stereocenters. The Hall–Kier alpha value is -0.0400. The number of hydrogen-bond acceptors (Lipinski definition) is 1. The Morgan fingerprint density at radius 3 is 0.625 bits per heavy atom. The fourth-order valence-corrected chi connectivity index (χ4v) is 5.36. The van der Waals surface area contributed by atoms with Crippen molar-refractivity contribution in [1.82, 2.24) is 4.90 Å². The van der Waals surface area contributed by atoms with Crippen molar-refractivity contribution in [1.29, 1.82) is 0 Å². The summed E-state index contributed by atoms with van der Waals surface area (Å²) in [6.07, 6.45) is 9.62. The zero-order valence-electron chi connectivity index (χ0n) is 31.9. The molecule has 246 valence electrons. The Labute approximate surface area is 258 Å². The van der Waals surface area contributed by atoms with Gasteiger partial charge in [0, 0.05) is 0 Å². The van der Waals surface area contributed by atoms with Gasteiger partial charge in [0.15, 0.2) is 0 Å². The molecule has 0 saturated heterocycles. The van der Waals surface area contributed by atoms with E-state index in [4.69, 9.17) is 0 Å². The van der Waals surface area contributed by atoms with E-state index in [2.05, 4.69) is 130 Å². The summed E-state index contributed by atoms with van der Waals surface area (Å²) in [5, 5.41) is 0. The molecular formula is C39H85N. The molecule has 0 spiro atoms. The second kappa shape index (κ2) is 26.6. The molecule has 0 amide bonds. The van der Waals surface area contributed by atoms with Crippen molar-refractivity contribution < 1.29 is 0 Å². The zero-order valence-corrected chi connectivity index (χ0v) is 31.9. The molecule has 0 bridgehead atoms. The van der Waals surface area contributed by atoms with Gasteiger partial charge in [-0.1, -0.05) is 125 Å². The van der Waals surface area contributed by atoms with Gasteiger partial charge in [0.25, 0.3) is 0 Å². The molecule has 0 radical (unpaired) electrons. The normalized spacial score (nSPS) is 12.4. The van der Waals surface area contributed by atoms with Crippen LogP contribution in [-0.4, -0.2) is 24.5 Å². The molecule has 0 aromatic carbocycles. The SMILES string of the molecule is CC(C)CC(CC(C)C)C(C)C.CC(C)CC(CC(C)C)C(C)C.CC(C)CCN(CCC(C)C)CCC(C)C. The van der Waals surface area contributed by atoms with Gasteiger partial charge >= 0.3 is 0 Å². The number of hydrogen-bond donors (Lipinski definition) is 0. The lowest BCUT2D eigenvalue weighted by Crippen LogP contribution is -2.29. The molecule has 0 aliphatic rings. The van der Waals surface area contributed by atoms with E-state index in [1.54, 1.807) is 0 Å². The maximum atomic E-state index is 2.67. The van der Waals surface area contributed by atoms with Crippen LogP contribution in [-0.2, 0) is 0 Å². The summed E-state index contributed by atoms with van der Waals surface area (Å²) >= 11 is 0. The molecule has 0 N–H and O–H groups in total. The zero-order chi connectivity index (χ0) is 32.0. The first-order valence-corrected chi connectivity index (χ1v) is 18.0. The van der Waals surface area contributed by atoms with E-state index in [9.17, 15) is 0 Å². The van der Waals surface area contributed by atoms with Crippen molar-refractivity contribution in [3.8, 4) is 0 Å². The van der Waals surface area contributed by atoms with Gasteiger partial charge in [0.2, 0.25) is 0 Å². The molecule has 0 aromatic heterocycles. The van der Waals surface area contributed by atoms with Crippen LogP contribution in [0.25, 0.3) is 0 Å². The first kappa shape index (κ1) is 44.4. The number of rotatable bonds is 19. The Morgan fingerprint density at radius 1 is 0.300 bits per heavy atom. The van der Waals surface area contributed by atoms with Gasteiger partial charge in [-0.25, -0.2) is 0 Å². The molecule has 1 nitrogen and oxygen atoms in total. The standard InChI is InChI=1S/C15H33N.2C12H26/c1-13(2)7-10-16(11-8-14(3)4)12-9-15(5)6;2*1-9(2)7-12(11(5)6)8-10(3)4/h13-15H,7-12H2,1-6H3;2*9-12H,7-8H2,1-6H3. The third-order valence-corrected chi connectivity index (χ3v) is 8.05. The van der Waals surface area contributed by atoms with Crippen LogP contribution >= 0.6 is 0 Å². The third-order valence-electron chi connectivity index (χ3n) is 8.05. The molecule has 0 aliphatic carbocycles. The largest absolute Gasteiger partial charge is 0.303 e. The third kappa shape index (κ3) is 34.2. The quantitative estimate of drug-likeness (QED) is 0.150. The first-order valence-electron chi connectivity index (χ1n) is 18.0. The molecule has 0 heterocycles. The average molecular weight is 568 g/mol. The van der Waals surface area contributed by atoms with Crippen molar-refractivity contribution in [3.05, 3.63) is 0 Å². The minimum Gasteiger partial charge on any atom is -0.303 e. The molecule has 0 saturated carbocycles. The van der Waals surface area contributed by atoms with Crippen LogP contribution in [0.4, 0.5) is 0 Å².